The molecule has 1 aliphatic heterocycles. The Hall–Kier alpha value is -2.38. The first-order valence-electron chi connectivity index (χ1n) is 8.30. The minimum absolute atomic E-state index is 0.00527. The van der Waals surface area contributed by atoms with E-state index in [1.807, 2.05) is 24.8 Å². The zero-order valence-electron chi connectivity index (χ0n) is 14.5. The maximum absolute atomic E-state index is 13.8. The van der Waals surface area contributed by atoms with Crippen molar-refractivity contribution in [2.24, 2.45) is 5.92 Å². The summed E-state index contributed by atoms with van der Waals surface area (Å²) in [5.41, 5.74) is 0.617. The third-order valence-electron chi connectivity index (χ3n) is 4.27. The molecular weight excluding hydrogens is 350 g/mol. The summed E-state index contributed by atoms with van der Waals surface area (Å²) in [6.07, 6.45) is -3.95. The molecule has 1 unspecified atom stereocenters. The number of hydrogen-bond acceptors (Lipinski definition) is 4. The van der Waals surface area contributed by atoms with E-state index in [2.05, 4.69) is 9.97 Å². The van der Waals surface area contributed by atoms with Crippen LogP contribution in [0.4, 0.5) is 23.5 Å². The van der Waals surface area contributed by atoms with Crippen LogP contribution in [0.25, 0.3) is 0 Å². The Labute approximate surface area is 148 Å². The predicted octanol–water partition coefficient (Wildman–Crippen LogP) is 4.16. The topological polar surface area (TPSA) is 38.2 Å². The number of rotatable bonds is 4. The maximum atomic E-state index is 13.8. The number of benzene rings is 1. The molecule has 1 atom stereocenters. The van der Waals surface area contributed by atoms with Gasteiger partial charge in [0.1, 0.15) is 5.56 Å². The SMILES string of the molecule is Cc1cc(C)nc(N2CCC(COc3c(F)cccc3C(F)(F)F)C2)n1. The van der Waals surface area contributed by atoms with E-state index in [4.69, 9.17) is 4.74 Å². The highest BCUT2D eigenvalue weighted by molar-refractivity contribution is 5.37. The second kappa shape index (κ2) is 7.09. The first kappa shape index (κ1) is 18.4. The Bertz CT molecular complexity index is 774. The fraction of sp³-hybridized carbons (Fsp3) is 0.444. The largest absolute Gasteiger partial charge is 0.490 e. The van der Waals surface area contributed by atoms with Crippen LogP contribution in [-0.4, -0.2) is 29.7 Å². The summed E-state index contributed by atoms with van der Waals surface area (Å²) < 4.78 is 58.1. The highest BCUT2D eigenvalue weighted by atomic mass is 19.4. The molecule has 0 aliphatic carbocycles. The lowest BCUT2D eigenvalue weighted by Gasteiger charge is -2.19. The van der Waals surface area contributed by atoms with Gasteiger partial charge in [-0.3, -0.25) is 0 Å². The monoisotopic (exact) mass is 369 g/mol. The number of hydrogen-bond donors (Lipinski definition) is 0. The van der Waals surface area contributed by atoms with E-state index in [1.54, 1.807) is 0 Å². The molecule has 1 aromatic heterocycles. The van der Waals surface area contributed by atoms with Gasteiger partial charge in [-0.1, -0.05) is 6.07 Å². The van der Waals surface area contributed by atoms with E-state index in [1.165, 1.54) is 0 Å². The number of nitrogens with zero attached hydrogens (tertiary/aromatic N) is 3. The van der Waals surface area contributed by atoms with Gasteiger partial charge >= 0.3 is 6.18 Å². The van der Waals surface area contributed by atoms with Crippen molar-refractivity contribution in [2.45, 2.75) is 26.4 Å². The molecule has 4 nitrogen and oxygen atoms in total. The number of aromatic nitrogens is 2. The molecule has 1 fully saturated rings. The van der Waals surface area contributed by atoms with Crippen molar-refractivity contribution in [1.29, 1.82) is 0 Å². The highest BCUT2D eigenvalue weighted by Gasteiger charge is 2.36. The van der Waals surface area contributed by atoms with Gasteiger partial charge in [0.25, 0.3) is 0 Å². The van der Waals surface area contributed by atoms with E-state index in [9.17, 15) is 17.6 Å². The van der Waals surface area contributed by atoms with Gasteiger partial charge in [0.15, 0.2) is 11.6 Å². The van der Waals surface area contributed by atoms with Gasteiger partial charge in [-0.15, -0.1) is 0 Å². The highest BCUT2D eigenvalue weighted by Crippen LogP contribution is 2.38. The summed E-state index contributed by atoms with van der Waals surface area (Å²) in [5, 5.41) is 0. The minimum atomic E-state index is -4.66. The Morgan fingerprint density at radius 1 is 1.19 bits per heavy atom. The molecule has 0 N–H and O–H groups in total. The van der Waals surface area contributed by atoms with Crippen LogP contribution in [0.15, 0.2) is 24.3 Å². The van der Waals surface area contributed by atoms with Crippen molar-refractivity contribution in [2.75, 3.05) is 24.6 Å². The van der Waals surface area contributed by atoms with Crippen molar-refractivity contribution >= 4 is 5.95 Å². The number of ether oxygens (including phenoxy) is 1. The van der Waals surface area contributed by atoms with Gasteiger partial charge in [0, 0.05) is 30.4 Å². The van der Waals surface area contributed by atoms with E-state index in [0.717, 1.165) is 29.6 Å². The van der Waals surface area contributed by atoms with E-state index in [-0.39, 0.29) is 12.5 Å². The van der Waals surface area contributed by atoms with E-state index < -0.39 is 23.3 Å². The number of para-hydroxylation sites is 1. The molecule has 1 aromatic carbocycles. The van der Waals surface area contributed by atoms with Crippen LogP contribution in [0, 0.1) is 25.6 Å². The van der Waals surface area contributed by atoms with Gasteiger partial charge in [-0.25, -0.2) is 14.4 Å². The second-order valence-electron chi connectivity index (χ2n) is 6.48. The van der Waals surface area contributed by atoms with Crippen LogP contribution >= 0.6 is 0 Å². The molecule has 0 amide bonds. The Morgan fingerprint density at radius 3 is 2.54 bits per heavy atom. The molecular formula is C18H19F4N3O. The summed E-state index contributed by atoms with van der Waals surface area (Å²) in [6, 6.07) is 4.69. The van der Waals surface area contributed by atoms with Crippen molar-refractivity contribution in [3.8, 4) is 5.75 Å². The van der Waals surface area contributed by atoms with Gasteiger partial charge in [-0.05, 0) is 38.5 Å². The Kier molecular flexibility index (Phi) is 5.02. The average Bonchev–Trinajstić information content (AvgIpc) is 3.00. The molecule has 2 aromatic rings. The summed E-state index contributed by atoms with van der Waals surface area (Å²) in [7, 11) is 0. The minimum Gasteiger partial charge on any atom is -0.490 e. The molecule has 3 rings (SSSR count). The standard InChI is InChI=1S/C18H19F4N3O/c1-11-8-12(2)24-17(23-11)25-7-6-13(9-25)10-26-16-14(18(20,21)22)4-3-5-15(16)19/h3-5,8,13H,6-7,9-10H2,1-2H3. The van der Waals surface area contributed by atoms with Crippen LogP contribution < -0.4 is 9.64 Å². The lowest BCUT2D eigenvalue weighted by molar-refractivity contribution is -0.139. The Morgan fingerprint density at radius 2 is 1.88 bits per heavy atom. The zero-order chi connectivity index (χ0) is 18.9. The third kappa shape index (κ3) is 4.05. The van der Waals surface area contributed by atoms with Crippen LogP contribution in [0.3, 0.4) is 0 Å². The number of anilines is 1. The summed E-state index contributed by atoms with van der Waals surface area (Å²) in [4.78, 5) is 10.8. The van der Waals surface area contributed by atoms with Crippen LogP contribution in [0.2, 0.25) is 0 Å². The lowest BCUT2D eigenvalue weighted by Crippen LogP contribution is -2.24. The smallest absolute Gasteiger partial charge is 0.420 e. The third-order valence-corrected chi connectivity index (χ3v) is 4.27. The molecule has 0 spiro atoms. The van der Waals surface area contributed by atoms with Crippen molar-refractivity contribution in [3.05, 3.63) is 47.0 Å². The molecule has 0 radical (unpaired) electrons. The normalized spacial score (nSPS) is 17.6. The number of alkyl halides is 3. The molecule has 1 aliphatic rings. The first-order valence-corrected chi connectivity index (χ1v) is 8.30. The zero-order valence-corrected chi connectivity index (χ0v) is 14.5. The first-order chi connectivity index (χ1) is 12.2. The number of aryl methyl sites for hydroxylation is 2. The molecule has 1 saturated heterocycles. The molecule has 0 bridgehead atoms. The van der Waals surface area contributed by atoms with Gasteiger partial charge < -0.3 is 9.64 Å². The fourth-order valence-corrected chi connectivity index (χ4v) is 3.08. The van der Waals surface area contributed by atoms with E-state index in [0.29, 0.717) is 25.5 Å². The molecule has 8 heteroatoms. The number of halogens is 4. The van der Waals surface area contributed by atoms with Gasteiger partial charge in [0.05, 0.1) is 6.61 Å². The van der Waals surface area contributed by atoms with Gasteiger partial charge in [-0.2, -0.15) is 13.2 Å². The van der Waals surface area contributed by atoms with Gasteiger partial charge in [0.2, 0.25) is 5.95 Å². The summed E-state index contributed by atoms with van der Waals surface area (Å²) >= 11 is 0. The molecule has 2 heterocycles. The lowest BCUT2D eigenvalue weighted by atomic mass is 10.1. The van der Waals surface area contributed by atoms with Crippen molar-refractivity contribution in [1.82, 2.24) is 9.97 Å². The summed E-state index contributed by atoms with van der Waals surface area (Å²) in [5.74, 6) is -1.17. The van der Waals surface area contributed by atoms with Crippen LogP contribution in [0.5, 0.6) is 5.75 Å². The molecule has 140 valence electrons. The fourth-order valence-electron chi connectivity index (χ4n) is 3.08. The predicted molar refractivity (Wildman–Crippen MR) is 88.7 cm³/mol. The second-order valence-corrected chi connectivity index (χ2v) is 6.48. The average molecular weight is 369 g/mol. The van der Waals surface area contributed by atoms with Crippen LogP contribution in [-0.2, 0) is 6.18 Å². The van der Waals surface area contributed by atoms with Crippen molar-refractivity contribution in [3.63, 3.8) is 0 Å². The molecule has 26 heavy (non-hydrogen) atoms. The van der Waals surface area contributed by atoms with E-state index >= 15 is 0 Å². The molecule has 0 saturated carbocycles. The van der Waals surface area contributed by atoms with Crippen LogP contribution in [0.1, 0.15) is 23.4 Å². The Balaban J connectivity index is 1.67. The quantitative estimate of drug-likeness (QED) is 0.759. The van der Waals surface area contributed by atoms with Crippen molar-refractivity contribution < 1.29 is 22.3 Å². The summed E-state index contributed by atoms with van der Waals surface area (Å²) in [6.45, 7) is 5.00. The maximum Gasteiger partial charge on any atom is 0.420 e.